The summed E-state index contributed by atoms with van der Waals surface area (Å²) < 4.78 is 0. The van der Waals surface area contributed by atoms with E-state index in [1.54, 1.807) is 0 Å². The van der Waals surface area contributed by atoms with Crippen LogP contribution in [0.4, 0.5) is 0 Å². The molecule has 2 rings (SSSR count). The Balaban J connectivity index is 2.46. The van der Waals surface area contributed by atoms with Gasteiger partial charge in [-0.1, -0.05) is 0 Å². The van der Waals surface area contributed by atoms with Gasteiger partial charge in [-0.15, -0.1) is 11.8 Å². The minimum Gasteiger partial charge on any atom is -0.477 e. The van der Waals surface area contributed by atoms with Crippen LogP contribution in [0.15, 0.2) is 11.3 Å². The predicted molar refractivity (Wildman–Crippen MR) is 56.4 cm³/mol. The van der Waals surface area contributed by atoms with Crippen molar-refractivity contribution in [3.05, 3.63) is 11.3 Å². The van der Waals surface area contributed by atoms with E-state index in [0.717, 1.165) is 4.90 Å². The van der Waals surface area contributed by atoms with E-state index in [9.17, 15) is 14.4 Å². The van der Waals surface area contributed by atoms with E-state index < -0.39 is 17.9 Å². The maximum absolute atomic E-state index is 11.5. The Morgan fingerprint density at radius 1 is 1.56 bits per heavy atom. The maximum atomic E-state index is 11.5. The van der Waals surface area contributed by atoms with Crippen LogP contribution < -0.4 is 5.73 Å². The normalized spacial score (nSPS) is 28.6. The molecule has 1 unspecified atom stereocenters. The average molecular weight is 242 g/mol. The smallest absolute Gasteiger partial charge is 0.353 e. The summed E-state index contributed by atoms with van der Waals surface area (Å²) in [5.74, 6) is -1.72. The van der Waals surface area contributed by atoms with E-state index in [2.05, 4.69) is 0 Å². The molecule has 2 atom stereocenters. The van der Waals surface area contributed by atoms with Crippen molar-refractivity contribution >= 4 is 29.4 Å². The summed E-state index contributed by atoms with van der Waals surface area (Å²) in [5, 5.41) is 8.68. The molecule has 1 saturated heterocycles. The summed E-state index contributed by atoms with van der Waals surface area (Å²) >= 11 is 1.32. The number of hydrogen-bond donors (Lipinski definition) is 2. The van der Waals surface area contributed by atoms with Crippen LogP contribution in [0.1, 0.15) is 6.92 Å². The molecular weight excluding hydrogens is 232 g/mol. The van der Waals surface area contributed by atoms with Gasteiger partial charge in [0.05, 0.1) is 0 Å². The summed E-state index contributed by atoms with van der Waals surface area (Å²) in [7, 11) is 0. The molecule has 86 valence electrons. The number of aliphatic carboxylic acids is 1. The van der Waals surface area contributed by atoms with E-state index in [1.807, 2.05) is 0 Å². The minimum absolute atomic E-state index is 0.175. The average Bonchev–Trinajstić information content (AvgIpc) is 2.25. The molecular formula is C9H10N2O4S. The van der Waals surface area contributed by atoms with Crippen LogP contribution in [0, 0.1) is 0 Å². The minimum atomic E-state index is -1.25. The van der Waals surface area contributed by atoms with Crippen LogP contribution in [0.2, 0.25) is 0 Å². The standard InChI is InChI=1S/C9H10N2O4S/c1-3(12)4-2-16-8-5(10)7(13)11(8)6(4)9(14)15/h5,8H,2,10H2,1H3,(H,14,15)/t5?,8-/m0/s1. The molecule has 3 N–H and O–H groups in total. The number of carboxylic acid groups (broad SMARTS) is 1. The van der Waals surface area contributed by atoms with Crippen LogP contribution in [0.3, 0.4) is 0 Å². The van der Waals surface area contributed by atoms with Gasteiger partial charge in [0.2, 0.25) is 5.91 Å². The van der Waals surface area contributed by atoms with E-state index in [1.165, 1.54) is 18.7 Å². The third-order valence-electron chi connectivity index (χ3n) is 2.64. The number of nitrogens with zero attached hydrogens (tertiary/aromatic N) is 1. The second-order valence-corrected chi connectivity index (χ2v) is 4.73. The molecule has 0 aliphatic carbocycles. The van der Waals surface area contributed by atoms with E-state index in [0.29, 0.717) is 5.75 Å². The highest BCUT2D eigenvalue weighted by molar-refractivity contribution is 8.00. The highest BCUT2D eigenvalue weighted by Crippen LogP contribution is 2.39. The molecule has 0 radical (unpaired) electrons. The van der Waals surface area contributed by atoms with Gasteiger partial charge in [-0.3, -0.25) is 14.5 Å². The summed E-state index contributed by atoms with van der Waals surface area (Å²) in [4.78, 5) is 34.9. The molecule has 0 aromatic heterocycles. The lowest BCUT2D eigenvalue weighted by molar-refractivity contribution is -0.148. The molecule has 0 bridgehead atoms. The topological polar surface area (TPSA) is 101 Å². The lowest BCUT2D eigenvalue weighted by Crippen LogP contribution is -2.68. The molecule has 7 heteroatoms. The first-order valence-corrected chi connectivity index (χ1v) is 5.67. The Hall–Kier alpha value is -1.34. The number of ketones is 1. The summed E-state index contributed by atoms with van der Waals surface area (Å²) in [5.41, 5.74) is 5.52. The third kappa shape index (κ3) is 1.35. The lowest BCUT2D eigenvalue weighted by atomic mass is 10.0. The fraction of sp³-hybridized carbons (Fsp3) is 0.444. The molecule has 2 heterocycles. The quantitative estimate of drug-likeness (QED) is 0.612. The number of carbonyl (C=O) groups is 3. The van der Waals surface area contributed by atoms with Crippen molar-refractivity contribution in [1.29, 1.82) is 0 Å². The number of β-lactam (4-membered cyclic amide) rings is 1. The van der Waals surface area contributed by atoms with Crippen molar-refractivity contribution in [3.8, 4) is 0 Å². The van der Waals surface area contributed by atoms with Gasteiger partial charge in [0, 0.05) is 11.3 Å². The molecule has 0 aromatic carbocycles. The van der Waals surface area contributed by atoms with Gasteiger partial charge < -0.3 is 10.8 Å². The first-order chi connectivity index (χ1) is 7.45. The Labute approximate surface area is 95.5 Å². The Morgan fingerprint density at radius 3 is 2.69 bits per heavy atom. The van der Waals surface area contributed by atoms with Crippen molar-refractivity contribution < 1.29 is 19.5 Å². The largest absolute Gasteiger partial charge is 0.477 e. The SMILES string of the molecule is CC(=O)C1=C(C(=O)O)N2C(=O)C(N)[C@@H]2SC1. The number of fused-ring (bicyclic) bond motifs is 1. The molecule has 0 saturated carbocycles. The van der Waals surface area contributed by atoms with Gasteiger partial charge in [0.25, 0.3) is 0 Å². The first-order valence-electron chi connectivity index (χ1n) is 4.62. The summed E-state index contributed by atoms with van der Waals surface area (Å²) in [6, 6.07) is -0.659. The number of thioether (sulfide) groups is 1. The third-order valence-corrected chi connectivity index (χ3v) is 3.94. The lowest BCUT2D eigenvalue weighted by Gasteiger charge is -2.47. The van der Waals surface area contributed by atoms with Gasteiger partial charge in [-0.25, -0.2) is 4.79 Å². The Morgan fingerprint density at radius 2 is 2.19 bits per heavy atom. The van der Waals surface area contributed by atoms with Crippen LogP contribution in [-0.2, 0) is 14.4 Å². The van der Waals surface area contributed by atoms with Gasteiger partial charge >= 0.3 is 5.97 Å². The molecule has 1 amide bonds. The van der Waals surface area contributed by atoms with Crippen molar-refractivity contribution in [2.75, 3.05) is 5.75 Å². The molecule has 0 aromatic rings. The molecule has 2 aliphatic rings. The molecule has 2 aliphatic heterocycles. The first kappa shape index (κ1) is 11.2. The maximum Gasteiger partial charge on any atom is 0.353 e. The van der Waals surface area contributed by atoms with E-state index in [4.69, 9.17) is 10.8 Å². The van der Waals surface area contributed by atoms with Gasteiger partial charge in [-0.2, -0.15) is 0 Å². The number of Topliss-reactive ketones (excluding diaryl/α,β-unsaturated/α-hetero) is 1. The van der Waals surface area contributed by atoms with Gasteiger partial charge in [-0.05, 0) is 6.92 Å². The fourth-order valence-corrected chi connectivity index (χ4v) is 3.14. The predicted octanol–water partition coefficient (Wildman–Crippen LogP) is -0.843. The fourth-order valence-electron chi connectivity index (χ4n) is 1.79. The van der Waals surface area contributed by atoms with Crippen LogP contribution in [-0.4, -0.2) is 44.8 Å². The highest BCUT2D eigenvalue weighted by atomic mass is 32.2. The van der Waals surface area contributed by atoms with Crippen molar-refractivity contribution in [1.82, 2.24) is 4.90 Å². The van der Waals surface area contributed by atoms with Crippen molar-refractivity contribution in [3.63, 3.8) is 0 Å². The number of amides is 1. The van der Waals surface area contributed by atoms with E-state index >= 15 is 0 Å². The number of nitrogens with two attached hydrogens (primary N) is 1. The van der Waals surface area contributed by atoms with Crippen molar-refractivity contribution in [2.45, 2.75) is 18.3 Å². The number of carboxylic acids is 1. The van der Waals surface area contributed by atoms with Gasteiger partial charge in [0.1, 0.15) is 17.1 Å². The Kier molecular flexibility index (Phi) is 2.51. The zero-order valence-electron chi connectivity index (χ0n) is 8.47. The van der Waals surface area contributed by atoms with Crippen LogP contribution >= 0.6 is 11.8 Å². The number of carbonyl (C=O) groups excluding carboxylic acids is 2. The zero-order chi connectivity index (χ0) is 12.0. The van der Waals surface area contributed by atoms with Crippen LogP contribution in [0.25, 0.3) is 0 Å². The second kappa shape index (κ2) is 3.60. The Bertz CT molecular complexity index is 431. The van der Waals surface area contributed by atoms with Crippen molar-refractivity contribution in [2.24, 2.45) is 5.73 Å². The van der Waals surface area contributed by atoms with Crippen LogP contribution in [0.5, 0.6) is 0 Å². The number of hydrogen-bond acceptors (Lipinski definition) is 5. The zero-order valence-corrected chi connectivity index (χ0v) is 9.28. The molecule has 1 fully saturated rings. The summed E-state index contributed by atoms with van der Waals surface area (Å²) in [6.07, 6.45) is 0. The van der Waals surface area contributed by atoms with E-state index in [-0.39, 0.29) is 22.4 Å². The number of rotatable bonds is 2. The molecule has 6 nitrogen and oxygen atoms in total. The summed E-state index contributed by atoms with van der Waals surface area (Å²) in [6.45, 7) is 1.29. The monoisotopic (exact) mass is 242 g/mol. The highest BCUT2D eigenvalue weighted by Gasteiger charge is 2.52. The van der Waals surface area contributed by atoms with Gasteiger partial charge in [0.15, 0.2) is 5.78 Å². The molecule has 0 spiro atoms. The molecule has 16 heavy (non-hydrogen) atoms. The second-order valence-electron chi connectivity index (χ2n) is 3.62.